The van der Waals surface area contributed by atoms with Gasteiger partial charge in [-0.05, 0) is 48.6 Å². The van der Waals surface area contributed by atoms with E-state index in [2.05, 4.69) is 53.3 Å². The van der Waals surface area contributed by atoms with E-state index in [9.17, 15) is 13.2 Å². The number of piperidine rings is 1. The predicted molar refractivity (Wildman–Crippen MR) is 145 cm³/mol. The number of likely N-dealkylation sites (tertiary alicyclic amines) is 1. The number of hydrogen-bond donors (Lipinski definition) is 1. The number of nitrogens with zero attached hydrogens (tertiary/aromatic N) is 4. The molecule has 1 amide bonds. The van der Waals surface area contributed by atoms with Crippen molar-refractivity contribution in [2.75, 3.05) is 36.0 Å². The Morgan fingerprint density at radius 1 is 1.19 bits per heavy atom. The zero-order chi connectivity index (χ0) is 26.8. The molecule has 1 aliphatic heterocycles. The van der Waals surface area contributed by atoms with Gasteiger partial charge in [0.15, 0.2) is 0 Å². The molecule has 1 unspecified atom stereocenters. The average molecular weight is 526 g/mol. The van der Waals surface area contributed by atoms with E-state index in [1.807, 2.05) is 12.1 Å². The van der Waals surface area contributed by atoms with Crippen molar-refractivity contribution in [1.82, 2.24) is 15.0 Å². The van der Waals surface area contributed by atoms with E-state index in [0.717, 1.165) is 31.2 Å². The minimum atomic E-state index is -3.39. The molecule has 2 heterocycles. The second kappa shape index (κ2) is 10.6. The van der Waals surface area contributed by atoms with Gasteiger partial charge in [0.2, 0.25) is 27.6 Å². The Bertz CT molecular complexity index is 1350. The second-order valence-corrected chi connectivity index (χ2v) is 12.7. The summed E-state index contributed by atoms with van der Waals surface area (Å²) in [5.41, 5.74) is 3.28. The Balaban J connectivity index is 1.36. The molecule has 0 bridgehead atoms. The highest BCUT2D eigenvalue weighted by molar-refractivity contribution is 7.92. The predicted octanol–water partition coefficient (Wildman–Crippen LogP) is 4.28. The zero-order valence-corrected chi connectivity index (χ0v) is 22.9. The summed E-state index contributed by atoms with van der Waals surface area (Å²) in [5.74, 6) is 0.791. The molecule has 3 aromatic rings. The molecular formula is C27H35N5O4S. The fourth-order valence-electron chi connectivity index (χ4n) is 4.38. The van der Waals surface area contributed by atoms with Crippen LogP contribution in [0.3, 0.4) is 0 Å². The number of anilines is 2. The standard InChI is InChI=1S/C27H35N5O4S/c1-27(2,3)21-13-11-19(12-14-21)25-29-24(36-30-25)18-32-15-7-8-20(17-32)26(33)28-22-9-6-10-23(16-22)31(4)37(5,34)35/h6,9-14,16,20H,7-8,15,17-18H2,1-5H3,(H,28,33). The van der Waals surface area contributed by atoms with Crippen molar-refractivity contribution >= 4 is 27.3 Å². The number of nitrogens with one attached hydrogen (secondary N) is 1. The summed E-state index contributed by atoms with van der Waals surface area (Å²) in [6.45, 7) is 8.43. The van der Waals surface area contributed by atoms with Crippen molar-refractivity contribution in [3.63, 3.8) is 0 Å². The first kappa shape index (κ1) is 26.8. The Morgan fingerprint density at radius 2 is 1.92 bits per heavy atom. The Hall–Kier alpha value is -3.24. The van der Waals surface area contributed by atoms with Gasteiger partial charge in [-0.3, -0.25) is 14.0 Å². The average Bonchev–Trinajstić information content (AvgIpc) is 3.31. The largest absolute Gasteiger partial charge is 0.338 e. The minimum Gasteiger partial charge on any atom is -0.338 e. The SMILES string of the molecule is CN(c1cccc(NC(=O)C2CCCN(Cc3nc(-c4ccc(C(C)(C)C)cc4)no3)C2)c1)S(C)(=O)=O. The highest BCUT2D eigenvalue weighted by atomic mass is 32.2. The monoisotopic (exact) mass is 525 g/mol. The fourth-order valence-corrected chi connectivity index (χ4v) is 4.87. The molecule has 1 saturated heterocycles. The molecule has 198 valence electrons. The number of benzene rings is 2. The van der Waals surface area contributed by atoms with Gasteiger partial charge in [0.25, 0.3) is 0 Å². The van der Waals surface area contributed by atoms with Crippen LogP contribution in [0, 0.1) is 5.92 Å². The van der Waals surface area contributed by atoms with E-state index < -0.39 is 10.0 Å². The quantitative estimate of drug-likeness (QED) is 0.490. The lowest BCUT2D eigenvalue weighted by atomic mass is 9.87. The molecule has 9 nitrogen and oxygen atoms in total. The molecule has 4 rings (SSSR count). The maximum Gasteiger partial charge on any atom is 0.241 e. The van der Waals surface area contributed by atoms with Crippen LogP contribution >= 0.6 is 0 Å². The van der Waals surface area contributed by atoms with Crippen LogP contribution in [0.2, 0.25) is 0 Å². The number of rotatable bonds is 7. The van der Waals surface area contributed by atoms with Gasteiger partial charge in [-0.15, -0.1) is 0 Å². The van der Waals surface area contributed by atoms with E-state index in [-0.39, 0.29) is 17.2 Å². The third-order valence-corrected chi connectivity index (χ3v) is 7.89. The first-order valence-electron chi connectivity index (χ1n) is 12.4. The number of carbonyl (C=O) groups is 1. The summed E-state index contributed by atoms with van der Waals surface area (Å²) in [6, 6.07) is 15.0. The van der Waals surface area contributed by atoms with Crippen molar-refractivity contribution in [2.45, 2.75) is 45.6 Å². The van der Waals surface area contributed by atoms with Crippen LogP contribution in [-0.2, 0) is 26.8 Å². The van der Waals surface area contributed by atoms with Gasteiger partial charge in [0.05, 0.1) is 24.4 Å². The molecule has 2 aromatic carbocycles. The lowest BCUT2D eigenvalue weighted by Gasteiger charge is -2.31. The summed E-state index contributed by atoms with van der Waals surface area (Å²) in [5, 5.41) is 7.10. The molecule has 1 fully saturated rings. The third-order valence-electron chi connectivity index (χ3n) is 6.69. The van der Waals surface area contributed by atoms with Crippen LogP contribution in [-0.4, -0.2) is 55.8 Å². The van der Waals surface area contributed by atoms with Gasteiger partial charge in [-0.2, -0.15) is 4.98 Å². The van der Waals surface area contributed by atoms with Gasteiger partial charge in [0.1, 0.15) is 0 Å². The third kappa shape index (κ3) is 6.75. The molecule has 1 atom stereocenters. The zero-order valence-electron chi connectivity index (χ0n) is 22.1. The number of sulfonamides is 1. The maximum atomic E-state index is 13.0. The molecule has 1 aromatic heterocycles. The number of amides is 1. The Labute approximate surface area is 218 Å². The van der Waals surface area contributed by atoms with Crippen LogP contribution < -0.4 is 9.62 Å². The maximum absolute atomic E-state index is 13.0. The number of aromatic nitrogens is 2. The van der Waals surface area contributed by atoms with Gasteiger partial charge < -0.3 is 9.84 Å². The Kier molecular flexibility index (Phi) is 7.70. The number of hydrogen-bond acceptors (Lipinski definition) is 7. The van der Waals surface area contributed by atoms with Crippen LogP contribution in [0.15, 0.2) is 53.1 Å². The number of carbonyl (C=O) groups excluding carboxylic acids is 1. The highest BCUT2D eigenvalue weighted by Crippen LogP contribution is 2.26. The normalized spacial score (nSPS) is 16.9. The minimum absolute atomic E-state index is 0.0767. The van der Waals surface area contributed by atoms with E-state index >= 15 is 0 Å². The molecule has 0 aliphatic carbocycles. The smallest absolute Gasteiger partial charge is 0.241 e. The molecule has 10 heteroatoms. The van der Waals surface area contributed by atoms with E-state index in [1.165, 1.54) is 16.9 Å². The lowest BCUT2D eigenvalue weighted by molar-refractivity contribution is -0.121. The first-order chi connectivity index (χ1) is 17.4. The van der Waals surface area contributed by atoms with Gasteiger partial charge in [0, 0.05) is 24.8 Å². The van der Waals surface area contributed by atoms with Crippen molar-refractivity contribution in [3.05, 3.63) is 60.0 Å². The van der Waals surface area contributed by atoms with Crippen molar-refractivity contribution in [2.24, 2.45) is 5.92 Å². The van der Waals surface area contributed by atoms with Crippen LogP contribution in [0.4, 0.5) is 11.4 Å². The summed E-state index contributed by atoms with van der Waals surface area (Å²) < 4.78 is 30.4. The first-order valence-corrected chi connectivity index (χ1v) is 14.3. The molecular weight excluding hydrogens is 490 g/mol. The molecule has 37 heavy (non-hydrogen) atoms. The van der Waals surface area contributed by atoms with E-state index in [1.54, 1.807) is 24.3 Å². The van der Waals surface area contributed by atoms with Crippen LogP contribution in [0.5, 0.6) is 0 Å². The van der Waals surface area contributed by atoms with Crippen molar-refractivity contribution < 1.29 is 17.7 Å². The van der Waals surface area contributed by atoms with Gasteiger partial charge >= 0.3 is 0 Å². The van der Waals surface area contributed by atoms with Crippen molar-refractivity contribution in [1.29, 1.82) is 0 Å². The molecule has 0 spiro atoms. The van der Waals surface area contributed by atoms with E-state index in [0.29, 0.717) is 36.2 Å². The molecule has 1 aliphatic rings. The molecule has 1 N–H and O–H groups in total. The summed E-state index contributed by atoms with van der Waals surface area (Å²) >= 11 is 0. The Morgan fingerprint density at radius 3 is 2.59 bits per heavy atom. The topological polar surface area (TPSA) is 109 Å². The van der Waals surface area contributed by atoms with Crippen LogP contribution in [0.1, 0.15) is 45.1 Å². The van der Waals surface area contributed by atoms with Gasteiger partial charge in [-0.1, -0.05) is 56.3 Å². The van der Waals surface area contributed by atoms with Crippen molar-refractivity contribution in [3.8, 4) is 11.4 Å². The highest BCUT2D eigenvalue weighted by Gasteiger charge is 2.27. The molecule has 0 radical (unpaired) electrons. The summed E-state index contributed by atoms with van der Waals surface area (Å²) in [4.78, 5) is 19.7. The van der Waals surface area contributed by atoms with Gasteiger partial charge in [-0.25, -0.2) is 8.42 Å². The molecule has 0 saturated carbocycles. The summed E-state index contributed by atoms with van der Waals surface area (Å²) in [6.07, 6.45) is 2.80. The van der Waals surface area contributed by atoms with Crippen LogP contribution in [0.25, 0.3) is 11.4 Å². The van der Waals surface area contributed by atoms with E-state index in [4.69, 9.17) is 4.52 Å². The summed E-state index contributed by atoms with van der Waals surface area (Å²) in [7, 11) is -1.90. The second-order valence-electron chi connectivity index (χ2n) is 10.7. The lowest BCUT2D eigenvalue weighted by Crippen LogP contribution is -2.40. The fraction of sp³-hybridized carbons (Fsp3) is 0.444.